The number of carbonyl (C=O) groups excluding carboxylic acids is 1. The van der Waals surface area contributed by atoms with Gasteiger partial charge in [0.05, 0.1) is 18.1 Å². The van der Waals surface area contributed by atoms with E-state index in [1.807, 2.05) is 24.1 Å². The van der Waals surface area contributed by atoms with Gasteiger partial charge >= 0.3 is 0 Å². The van der Waals surface area contributed by atoms with Gasteiger partial charge in [-0.2, -0.15) is 5.26 Å². The van der Waals surface area contributed by atoms with E-state index < -0.39 is 0 Å². The summed E-state index contributed by atoms with van der Waals surface area (Å²) in [4.78, 5) is 16.4. The maximum absolute atomic E-state index is 12.3. The molecule has 0 spiro atoms. The van der Waals surface area contributed by atoms with E-state index in [1.54, 1.807) is 12.1 Å². The zero-order chi connectivity index (χ0) is 15.5. The van der Waals surface area contributed by atoms with Crippen molar-refractivity contribution < 1.29 is 4.79 Å². The number of nitriles is 1. The topological polar surface area (TPSA) is 47.3 Å². The number of hydrogen-bond acceptors (Lipinski definition) is 3. The van der Waals surface area contributed by atoms with Gasteiger partial charge in [0, 0.05) is 19.1 Å². The Morgan fingerprint density at radius 3 is 2.29 bits per heavy atom. The average molecular weight is 285 g/mol. The molecule has 0 aliphatic heterocycles. The van der Waals surface area contributed by atoms with Crippen molar-refractivity contribution in [3.05, 3.63) is 35.4 Å². The van der Waals surface area contributed by atoms with Crippen LogP contribution in [0.5, 0.6) is 0 Å². The first-order chi connectivity index (χ1) is 9.97. The van der Waals surface area contributed by atoms with Crippen molar-refractivity contribution in [2.45, 2.75) is 31.2 Å². The van der Waals surface area contributed by atoms with Crippen LogP contribution in [0, 0.1) is 11.3 Å². The lowest BCUT2D eigenvalue weighted by Gasteiger charge is -2.49. The van der Waals surface area contributed by atoms with E-state index in [0.29, 0.717) is 12.0 Å². The monoisotopic (exact) mass is 285 g/mol. The van der Waals surface area contributed by atoms with E-state index in [2.05, 4.69) is 25.1 Å². The van der Waals surface area contributed by atoms with Crippen molar-refractivity contribution in [1.82, 2.24) is 9.80 Å². The summed E-state index contributed by atoms with van der Waals surface area (Å²) in [6, 6.07) is 9.32. The van der Waals surface area contributed by atoms with Crippen LogP contribution in [0.2, 0.25) is 0 Å². The average Bonchev–Trinajstić information content (AvgIpc) is 2.42. The van der Waals surface area contributed by atoms with Crippen LogP contribution in [-0.4, -0.2) is 48.9 Å². The van der Waals surface area contributed by atoms with Crippen molar-refractivity contribution >= 4 is 5.91 Å². The Morgan fingerprint density at radius 2 is 1.86 bits per heavy atom. The highest BCUT2D eigenvalue weighted by molar-refractivity contribution is 5.78. The standard InChI is InChI=1S/C17H23N3O/c1-19(2)17(9-4-10-17)13-20(3)16(21)11-14-5-7-15(12-18)8-6-14/h5-8H,4,9-11,13H2,1-3H3. The molecule has 0 unspecified atom stereocenters. The number of likely N-dealkylation sites (N-methyl/N-ethyl adjacent to an activating group) is 2. The zero-order valence-corrected chi connectivity index (χ0v) is 13.1. The zero-order valence-electron chi connectivity index (χ0n) is 13.1. The third-order valence-electron chi connectivity index (χ3n) is 4.63. The van der Waals surface area contributed by atoms with Crippen molar-refractivity contribution in [3.63, 3.8) is 0 Å². The highest BCUT2D eigenvalue weighted by atomic mass is 16.2. The molecule has 4 heteroatoms. The Labute approximate surface area is 127 Å². The number of rotatable bonds is 5. The lowest BCUT2D eigenvalue weighted by Crippen LogP contribution is -2.57. The van der Waals surface area contributed by atoms with Crippen LogP contribution in [0.15, 0.2) is 24.3 Å². The molecule has 0 saturated heterocycles. The number of hydrogen-bond donors (Lipinski definition) is 0. The quantitative estimate of drug-likeness (QED) is 0.832. The molecule has 0 atom stereocenters. The number of amides is 1. The number of nitrogens with zero attached hydrogens (tertiary/aromatic N) is 3. The second-order valence-corrected chi connectivity index (χ2v) is 6.21. The highest BCUT2D eigenvalue weighted by Gasteiger charge is 2.40. The molecule has 0 radical (unpaired) electrons. The summed E-state index contributed by atoms with van der Waals surface area (Å²) in [5, 5.41) is 8.78. The van der Waals surface area contributed by atoms with E-state index in [1.165, 1.54) is 6.42 Å². The summed E-state index contributed by atoms with van der Waals surface area (Å²) >= 11 is 0. The summed E-state index contributed by atoms with van der Waals surface area (Å²) in [7, 11) is 6.08. The molecular weight excluding hydrogens is 262 g/mol. The van der Waals surface area contributed by atoms with Crippen LogP contribution < -0.4 is 0 Å². The number of benzene rings is 1. The molecule has 2 rings (SSSR count). The molecule has 0 bridgehead atoms. The molecule has 1 aromatic carbocycles. The van der Waals surface area contributed by atoms with E-state index in [4.69, 9.17) is 5.26 Å². The fourth-order valence-electron chi connectivity index (χ4n) is 2.87. The van der Waals surface area contributed by atoms with Gasteiger partial charge in [-0.1, -0.05) is 12.1 Å². The van der Waals surface area contributed by atoms with Gasteiger partial charge in [0.2, 0.25) is 5.91 Å². The molecule has 0 heterocycles. The molecule has 0 N–H and O–H groups in total. The SMILES string of the molecule is CN(CC1(N(C)C)CCC1)C(=O)Cc1ccc(C#N)cc1. The Hall–Kier alpha value is -1.86. The van der Waals surface area contributed by atoms with Crippen molar-refractivity contribution in [2.75, 3.05) is 27.7 Å². The minimum absolute atomic E-state index is 0.132. The fraction of sp³-hybridized carbons (Fsp3) is 0.529. The van der Waals surface area contributed by atoms with Crippen molar-refractivity contribution in [1.29, 1.82) is 5.26 Å². The molecule has 1 amide bonds. The van der Waals surface area contributed by atoms with Crippen molar-refractivity contribution in [3.8, 4) is 6.07 Å². The molecule has 21 heavy (non-hydrogen) atoms. The Balaban J connectivity index is 1.94. The molecule has 1 aliphatic carbocycles. The molecule has 1 saturated carbocycles. The Morgan fingerprint density at radius 1 is 1.24 bits per heavy atom. The summed E-state index contributed by atoms with van der Waals surface area (Å²) in [6.07, 6.45) is 3.96. The molecule has 4 nitrogen and oxygen atoms in total. The third-order valence-corrected chi connectivity index (χ3v) is 4.63. The molecule has 1 fully saturated rings. The Kier molecular flexibility index (Phi) is 4.64. The smallest absolute Gasteiger partial charge is 0.226 e. The van der Waals surface area contributed by atoms with Crippen LogP contribution >= 0.6 is 0 Å². The van der Waals surface area contributed by atoms with Gasteiger partial charge in [0.25, 0.3) is 0 Å². The second-order valence-electron chi connectivity index (χ2n) is 6.21. The summed E-state index contributed by atoms with van der Waals surface area (Å²) in [5.74, 6) is 0.132. The second kappa shape index (κ2) is 6.28. The molecule has 0 aromatic heterocycles. The first-order valence-electron chi connectivity index (χ1n) is 7.37. The van der Waals surface area contributed by atoms with Crippen LogP contribution in [0.1, 0.15) is 30.4 Å². The van der Waals surface area contributed by atoms with Gasteiger partial charge in [-0.3, -0.25) is 4.79 Å². The molecule has 112 valence electrons. The molecule has 1 aromatic rings. The lowest BCUT2D eigenvalue weighted by atomic mass is 9.75. The van der Waals surface area contributed by atoms with Gasteiger partial charge in [-0.25, -0.2) is 0 Å². The van der Waals surface area contributed by atoms with Crippen LogP contribution in [0.25, 0.3) is 0 Å². The van der Waals surface area contributed by atoms with E-state index in [0.717, 1.165) is 24.9 Å². The minimum atomic E-state index is 0.132. The first kappa shape index (κ1) is 15.5. The maximum Gasteiger partial charge on any atom is 0.226 e. The predicted molar refractivity (Wildman–Crippen MR) is 82.8 cm³/mol. The third kappa shape index (κ3) is 3.43. The van der Waals surface area contributed by atoms with Gasteiger partial charge in [0.15, 0.2) is 0 Å². The fourth-order valence-corrected chi connectivity index (χ4v) is 2.87. The minimum Gasteiger partial charge on any atom is -0.344 e. The maximum atomic E-state index is 12.3. The van der Waals surface area contributed by atoms with Crippen LogP contribution in [-0.2, 0) is 11.2 Å². The van der Waals surface area contributed by atoms with Crippen LogP contribution in [0.3, 0.4) is 0 Å². The Bertz CT molecular complexity index is 538. The summed E-state index contributed by atoms with van der Waals surface area (Å²) < 4.78 is 0. The van der Waals surface area contributed by atoms with Gasteiger partial charge in [-0.15, -0.1) is 0 Å². The lowest BCUT2D eigenvalue weighted by molar-refractivity contribution is -0.131. The summed E-state index contributed by atoms with van der Waals surface area (Å²) in [5.41, 5.74) is 1.74. The van der Waals surface area contributed by atoms with Gasteiger partial charge < -0.3 is 9.80 Å². The van der Waals surface area contributed by atoms with E-state index in [9.17, 15) is 4.79 Å². The predicted octanol–water partition coefficient (Wildman–Crippen LogP) is 2.04. The van der Waals surface area contributed by atoms with Gasteiger partial charge in [0.1, 0.15) is 0 Å². The number of carbonyl (C=O) groups is 1. The van der Waals surface area contributed by atoms with Crippen LogP contribution in [0.4, 0.5) is 0 Å². The van der Waals surface area contributed by atoms with Crippen molar-refractivity contribution in [2.24, 2.45) is 0 Å². The molecule has 1 aliphatic rings. The largest absolute Gasteiger partial charge is 0.344 e. The normalized spacial score (nSPS) is 16.1. The highest BCUT2D eigenvalue weighted by Crippen LogP contribution is 2.36. The molecular formula is C17H23N3O. The first-order valence-corrected chi connectivity index (χ1v) is 7.37. The van der Waals surface area contributed by atoms with Gasteiger partial charge in [-0.05, 0) is 51.1 Å². The van der Waals surface area contributed by atoms with E-state index in [-0.39, 0.29) is 11.4 Å². The summed E-state index contributed by atoms with van der Waals surface area (Å²) in [6.45, 7) is 0.787. The van der Waals surface area contributed by atoms with E-state index >= 15 is 0 Å².